The van der Waals surface area contributed by atoms with E-state index in [4.69, 9.17) is 21.3 Å². The van der Waals surface area contributed by atoms with Gasteiger partial charge in [0.15, 0.2) is 0 Å². The lowest BCUT2D eigenvalue weighted by Crippen LogP contribution is -2.25. The quantitative estimate of drug-likeness (QED) is 0.714. The SMILES string of the molecule is COCCn1c(-c2ccccc2Cl)nc2sc(C)c(C)c2c1=O. The van der Waals surface area contributed by atoms with Crippen LogP contribution in [0.5, 0.6) is 0 Å². The van der Waals surface area contributed by atoms with E-state index >= 15 is 0 Å². The molecule has 0 saturated carbocycles. The molecule has 120 valence electrons. The van der Waals surface area contributed by atoms with E-state index in [1.165, 1.54) is 0 Å². The maximum Gasteiger partial charge on any atom is 0.262 e. The van der Waals surface area contributed by atoms with Gasteiger partial charge >= 0.3 is 0 Å². The van der Waals surface area contributed by atoms with Crippen molar-refractivity contribution in [2.45, 2.75) is 20.4 Å². The average Bonchev–Trinajstić information content (AvgIpc) is 2.82. The van der Waals surface area contributed by atoms with Gasteiger partial charge in [0, 0.05) is 17.6 Å². The molecule has 23 heavy (non-hydrogen) atoms. The Balaban J connectivity index is 2.35. The van der Waals surface area contributed by atoms with Crippen molar-refractivity contribution < 1.29 is 4.74 Å². The molecule has 3 rings (SSSR count). The minimum atomic E-state index is -0.0381. The largest absolute Gasteiger partial charge is 0.383 e. The lowest BCUT2D eigenvalue weighted by atomic mass is 10.2. The van der Waals surface area contributed by atoms with Crippen molar-refractivity contribution in [3.63, 3.8) is 0 Å². The molecule has 3 aromatic rings. The molecule has 0 aliphatic heterocycles. The summed E-state index contributed by atoms with van der Waals surface area (Å²) in [7, 11) is 1.62. The zero-order valence-corrected chi connectivity index (χ0v) is 14.8. The van der Waals surface area contributed by atoms with E-state index in [1.807, 2.05) is 32.0 Å². The van der Waals surface area contributed by atoms with E-state index in [1.54, 1.807) is 29.1 Å². The first-order chi connectivity index (χ1) is 11.0. The molecule has 0 fully saturated rings. The second-order valence-electron chi connectivity index (χ2n) is 5.33. The number of aromatic nitrogens is 2. The lowest BCUT2D eigenvalue weighted by Gasteiger charge is -2.13. The van der Waals surface area contributed by atoms with Crippen LogP contribution in [0.4, 0.5) is 0 Å². The lowest BCUT2D eigenvalue weighted by molar-refractivity contribution is 0.186. The number of halogens is 1. The van der Waals surface area contributed by atoms with E-state index in [-0.39, 0.29) is 5.56 Å². The molecule has 0 radical (unpaired) electrons. The van der Waals surface area contributed by atoms with Crippen LogP contribution in [0.3, 0.4) is 0 Å². The van der Waals surface area contributed by atoms with Crippen molar-refractivity contribution in [2.24, 2.45) is 0 Å². The fourth-order valence-corrected chi connectivity index (χ4v) is 3.81. The summed E-state index contributed by atoms with van der Waals surface area (Å²) in [6.45, 7) is 4.85. The zero-order valence-electron chi connectivity index (χ0n) is 13.2. The molecule has 0 saturated heterocycles. The second kappa shape index (κ2) is 6.43. The summed E-state index contributed by atoms with van der Waals surface area (Å²) in [4.78, 5) is 19.6. The fraction of sp³-hybridized carbons (Fsp3) is 0.294. The van der Waals surface area contributed by atoms with Gasteiger partial charge in [-0.2, -0.15) is 0 Å². The molecule has 2 aromatic heterocycles. The Labute approximate surface area is 143 Å². The summed E-state index contributed by atoms with van der Waals surface area (Å²) >= 11 is 7.86. The topological polar surface area (TPSA) is 44.1 Å². The maximum atomic E-state index is 13.0. The number of aryl methyl sites for hydroxylation is 2. The van der Waals surface area contributed by atoms with Gasteiger partial charge in [-0.15, -0.1) is 11.3 Å². The van der Waals surface area contributed by atoms with Crippen LogP contribution in [-0.4, -0.2) is 23.3 Å². The van der Waals surface area contributed by atoms with Crippen molar-refractivity contribution in [3.05, 3.63) is 50.1 Å². The molecule has 0 spiro atoms. The van der Waals surface area contributed by atoms with E-state index in [0.717, 1.165) is 20.8 Å². The Bertz CT molecular complexity index is 930. The third kappa shape index (κ3) is 2.80. The Morgan fingerprint density at radius 1 is 1.30 bits per heavy atom. The van der Waals surface area contributed by atoms with Crippen LogP contribution in [-0.2, 0) is 11.3 Å². The van der Waals surface area contributed by atoms with Crippen molar-refractivity contribution in [3.8, 4) is 11.4 Å². The highest BCUT2D eigenvalue weighted by Crippen LogP contribution is 2.31. The number of hydrogen-bond acceptors (Lipinski definition) is 4. The summed E-state index contributed by atoms with van der Waals surface area (Å²) in [5, 5.41) is 1.27. The highest BCUT2D eigenvalue weighted by molar-refractivity contribution is 7.18. The van der Waals surface area contributed by atoms with Crippen molar-refractivity contribution in [1.29, 1.82) is 0 Å². The number of thiophene rings is 1. The summed E-state index contributed by atoms with van der Waals surface area (Å²) in [5.41, 5.74) is 1.72. The molecule has 0 aliphatic carbocycles. The van der Waals surface area contributed by atoms with Gasteiger partial charge in [-0.3, -0.25) is 9.36 Å². The molecule has 0 N–H and O–H groups in total. The van der Waals surface area contributed by atoms with Crippen LogP contribution in [0, 0.1) is 13.8 Å². The summed E-state index contributed by atoms with van der Waals surface area (Å²) in [6.07, 6.45) is 0. The van der Waals surface area contributed by atoms with Crippen LogP contribution >= 0.6 is 22.9 Å². The highest BCUT2D eigenvalue weighted by atomic mass is 35.5. The number of hydrogen-bond donors (Lipinski definition) is 0. The van der Waals surface area contributed by atoms with Gasteiger partial charge in [-0.1, -0.05) is 23.7 Å². The fourth-order valence-electron chi connectivity index (χ4n) is 2.57. The van der Waals surface area contributed by atoms with Gasteiger partial charge < -0.3 is 4.74 Å². The highest BCUT2D eigenvalue weighted by Gasteiger charge is 2.18. The zero-order chi connectivity index (χ0) is 16.6. The Hall–Kier alpha value is -1.69. The maximum absolute atomic E-state index is 13.0. The first-order valence-corrected chi connectivity index (χ1v) is 8.48. The van der Waals surface area contributed by atoms with Gasteiger partial charge in [0.2, 0.25) is 0 Å². The van der Waals surface area contributed by atoms with Crippen LogP contribution < -0.4 is 5.56 Å². The standard InChI is InChI=1S/C17H17ClN2O2S/c1-10-11(2)23-16-14(10)17(21)20(8-9-22-3)15(19-16)12-6-4-5-7-13(12)18/h4-7H,8-9H2,1-3H3. The molecule has 4 nitrogen and oxygen atoms in total. The predicted molar refractivity (Wildman–Crippen MR) is 95.7 cm³/mol. The number of methoxy groups -OCH3 is 1. The minimum absolute atomic E-state index is 0.0381. The minimum Gasteiger partial charge on any atom is -0.383 e. The molecule has 0 unspecified atom stereocenters. The molecule has 0 bridgehead atoms. The third-order valence-corrected chi connectivity index (χ3v) is 5.35. The Morgan fingerprint density at radius 2 is 2.04 bits per heavy atom. The molecule has 2 heterocycles. The van der Waals surface area contributed by atoms with Crippen LogP contribution in [0.1, 0.15) is 10.4 Å². The molecule has 1 aromatic carbocycles. The van der Waals surface area contributed by atoms with Gasteiger partial charge in [0.1, 0.15) is 10.7 Å². The summed E-state index contributed by atoms with van der Waals surface area (Å²) in [5.74, 6) is 0.589. The van der Waals surface area contributed by atoms with E-state index in [2.05, 4.69) is 0 Å². The second-order valence-corrected chi connectivity index (χ2v) is 6.94. The average molecular weight is 349 g/mol. The van der Waals surface area contributed by atoms with Gasteiger partial charge in [-0.05, 0) is 31.5 Å². The number of ether oxygens (including phenoxy) is 1. The first kappa shape index (κ1) is 16.2. The molecular formula is C17H17ClN2O2S. The smallest absolute Gasteiger partial charge is 0.262 e. The molecule has 0 aliphatic rings. The Morgan fingerprint density at radius 3 is 2.74 bits per heavy atom. The first-order valence-electron chi connectivity index (χ1n) is 7.29. The van der Waals surface area contributed by atoms with Crippen LogP contribution in [0.15, 0.2) is 29.1 Å². The monoisotopic (exact) mass is 348 g/mol. The van der Waals surface area contributed by atoms with Crippen molar-refractivity contribution in [2.75, 3.05) is 13.7 Å². The number of fused-ring (bicyclic) bond motifs is 1. The van der Waals surface area contributed by atoms with Gasteiger partial charge in [-0.25, -0.2) is 4.98 Å². The van der Waals surface area contributed by atoms with Crippen LogP contribution in [0.2, 0.25) is 5.02 Å². The van der Waals surface area contributed by atoms with Gasteiger partial charge in [0.05, 0.1) is 23.6 Å². The summed E-state index contributed by atoms with van der Waals surface area (Å²) < 4.78 is 6.81. The van der Waals surface area contributed by atoms with E-state index < -0.39 is 0 Å². The van der Waals surface area contributed by atoms with Gasteiger partial charge in [0.25, 0.3) is 5.56 Å². The molecular weight excluding hydrogens is 332 g/mol. The predicted octanol–water partition coefficient (Wildman–Crippen LogP) is 4.04. The van der Waals surface area contributed by atoms with E-state index in [0.29, 0.717) is 29.4 Å². The molecule has 0 atom stereocenters. The molecule has 6 heteroatoms. The molecule has 0 amide bonds. The van der Waals surface area contributed by atoms with Crippen molar-refractivity contribution >= 4 is 33.2 Å². The van der Waals surface area contributed by atoms with Crippen molar-refractivity contribution in [1.82, 2.24) is 9.55 Å². The number of benzene rings is 1. The van der Waals surface area contributed by atoms with E-state index in [9.17, 15) is 4.79 Å². The Kier molecular flexibility index (Phi) is 4.53. The third-order valence-electron chi connectivity index (χ3n) is 3.92. The van der Waals surface area contributed by atoms with Crippen LogP contribution in [0.25, 0.3) is 21.6 Å². The number of rotatable bonds is 4. The normalized spacial score (nSPS) is 11.3. The summed E-state index contributed by atoms with van der Waals surface area (Å²) in [6, 6.07) is 7.44. The number of nitrogens with zero attached hydrogens (tertiary/aromatic N) is 2.